The predicted molar refractivity (Wildman–Crippen MR) is 560 cm³/mol. The number of ether oxygens (including phenoxy) is 4. The minimum Gasteiger partial charge on any atom is -0.507 e. The summed E-state index contributed by atoms with van der Waals surface area (Å²) >= 11 is 7.05. The average molecular weight is 1870 g/mol. The SMILES string of the molecule is COc1nc(-c2ccc3c(c2)sc2cc4ccccc4cc23)nc(-c2ccccc2O)n1.COc1nc(-c2ccccc2O)nc(-c2cc3sc4cc(-c5ccccc5)ccc4c3c3ccccc23)n1.COc1nc(-c2ccccc2O)nc(-c2cc3sc4ccc5ccccc5c4c3c3ccccc23)n1.COc1nc(-c2ccccc2O)nc(-c2cc3sc4ccccc4c3c3ccccc23)n1. The van der Waals surface area contributed by atoms with Gasteiger partial charge in [0.15, 0.2) is 46.6 Å². The quantitative estimate of drug-likeness (QED) is 0.0835. The molecule has 0 radical (unpaired) electrons. The summed E-state index contributed by atoms with van der Waals surface area (Å²) in [5, 5.41) is 62.9. The van der Waals surface area contributed by atoms with Crippen molar-refractivity contribution in [1.82, 2.24) is 59.8 Å². The normalized spacial score (nSPS) is 11.4. The Bertz CT molecular complexity index is 9360. The maximum atomic E-state index is 10.4. The number of methoxy groups -OCH3 is 4. The highest BCUT2D eigenvalue weighted by Crippen LogP contribution is 2.50. The number of phenolic OH excluding ortho intramolecular Hbond substituents is 4. The van der Waals surface area contributed by atoms with Crippen LogP contribution in [0.5, 0.6) is 47.0 Å². The maximum absolute atomic E-state index is 10.4. The summed E-state index contributed by atoms with van der Waals surface area (Å²) in [6.45, 7) is 0. The summed E-state index contributed by atoms with van der Waals surface area (Å²) in [5.41, 5.74) is 8.06. The van der Waals surface area contributed by atoms with E-state index >= 15 is 0 Å². The van der Waals surface area contributed by atoms with Crippen molar-refractivity contribution in [2.75, 3.05) is 28.4 Å². The predicted octanol–water partition coefficient (Wildman–Crippen LogP) is 28.6. The van der Waals surface area contributed by atoms with Gasteiger partial charge in [-0.3, -0.25) is 0 Å². The molecule has 0 saturated heterocycles. The molecule has 8 heterocycles. The largest absolute Gasteiger partial charge is 0.507 e. The maximum Gasteiger partial charge on any atom is 0.320 e. The highest BCUT2D eigenvalue weighted by Gasteiger charge is 2.26. The molecule has 138 heavy (non-hydrogen) atoms. The van der Waals surface area contributed by atoms with Gasteiger partial charge in [-0.2, -0.15) is 39.9 Å². The highest BCUT2D eigenvalue weighted by molar-refractivity contribution is 7.27. The third-order valence-corrected chi connectivity index (χ3v) is 28.9. The van der Waals surface area contributed by atoms with Crippen molar-refractivity contribution in [3.63, 3.8) is 0 Å². The number of benzene rings is 18. The Labute approximate surface area is 802 Å². The summed E-state index contributed by atoms with van der Waals surface area (Å²) in [7, 11) is 6.12. The summed E-state index contributed by atoms with van der Waals surface area (Å²) in [6, 6.07) is 118. The molecule has 0 amide bonds. The molecule has 0 atom stereocenters. The summed E-state index contributed by atoms with van der Waals surface area (Å²) in [4.78, 5) is 54.8. The molecule has 0 spiro atoms. The molecule has 662 valence electrons. The van der Waals surface area contributed by atoms with Gasteiger partial charge in [0.05, 0.1) is 50.7 Å². The van der Waals surface area contributed by atoms with E-state index in [1.54, 1.807) is 118 Å². The van der Waals surface area contributed by atoms with Crippen LogP contribution in [-0.4, -0.2) is 109 Å². The first-order valence-electron chi connectivity index (χ1n) is 44.1. The Morgan fingerprint density at radius 2 is 0.486 bits per heavy atom. The fourth-order valence-electron chi connectivity index (χ4n) is 18.0. The zero-order chi connectivity index (χ0) is 93.2. The molecule has 24 heteroatoms. The molecule has 0 fully saturated rings. The first kappa shape index (κ1) is 84.8. The van der Waals surface area contributed by atoms with Gasteiger partial charge in [-0.25, -0.2) is 19.9 Å². The monoisotopic (exact) mass is 1870 g/mol. The van der Waals surface area contributed by atoms with Gasteiger partial charge >= 0.3 is 24.0 Å². The lowest BCUT2D eigenvalue weighted by molar-refractivity contribution is 0.379. The number of phenols is 4. The molecule has 0 aliphatic carbocycles. The minimum absolute atomic E-state index is 0.103. The molecule has 0 aliphatic rings. The van der Waals surface area contributed by atoms with E-state index in [1.165, 1.54) is 132 Å². The summed E-state index contributed by atoms with van der Waals surface area (Å²) in [5.74, 6) is 3.88. The average Bonchev–Trinajstić information content (AvgIpc) is 1.57. The van der Waals surface area contributed by atoms with Crippen LogP contribution in [0.15, 0.2) is 352 Å². The lowest BCUT2D eigenvalue weighted by Gasteiger charge is -2.11. The number of thiophene rings is 4. The van der Waals surface area contributed by atoms with E-state index in [4.69, 9.17) is 33.9 Å². The second-order valence-electron chi connectivity index (χ2n) is 32.5. The van der Waals surface area contributed by atoms with Crippen LogP contribution in [0.25, 0.3) is 237 Å². The van der Waals surface area contributed by atoms with Crippen molar-refractivity contribution in [3.8, 4) is 149 Å². The zero-order valence-corrected chi connectivity index (χ0v) is 77.2. The number of para-hydroxylation sites is 4. The molecule has 26 rings (SSSR count). The van der Waals surface area contributed by atoms with Crippen LogP contribution in [-0.2, 0) is 0 Å². The standard InChI is InChI=1S/C32H21N3O2S.C30H19N3O2S.2C26H17N3O2S/c1-37-32-34-30(23-13-7-8-14-26(23)36)33-31(35-32)25-18-28-29(22-12-6-5-11-21(22)25)24-16-15-20(17-27(24)38-28)19-9-3-2-4-10-19;1-35-30-32-28(21-12-6-7-13-23(21)34)31-29(33-30)22-16-25-27(20-11-5-4-10-19(20)22)26-18-9-3-2-8-17(18)14-15-24(26)36-25;1-31-26-28-24(17-10-4-6-12-20(17)30)27-25(29-26)19-14-22-23(16-9-3-2-8-15(16)19)18-11-5-7-13-21(18)32-22;1-31-26-28-24(27-25(29-26)19-8-4-5-9-21(19)30)17-10-11-18-20-12-15-6-2-3-7-16(15)13-23(20)32-22(18)14-17/h2-18,36H,1H3;2-16,34H,1H3;2*2-14,30H,1H3. The van der Waals surface area contributed by atoms with Crippen LogP contribution >= 0.6 is 45.3 Å². The summed E-state index contributed by atoms with van der Waals surface area (Å²) in [6.07, 6.45) is 0. The number of nitrogens with zero attached hydrogens (tertiary/aromatic N) is 12. The van der Waals surface area contributed by atoms with E-state index in [1.807, 2.05) is 54.6 Å². The number of fused-ring (bicyclic) bond motifs is 21. The zero-order valence-electron chi connectivity index (χ0n) is 73.9. The number of rotatable bonds is 13. The third-order valence-electron chi connectivity index (χ3n) is 24.4. The number of hydrogen-bond donors (Lipinski definition) is 4. The Kier molecular flexibility index (Phi) is 22.0. The van der Waals surface area contributed by atoms with Crippen molar-refractivity contribution >= 4 is 180 Å². The fraction of sp³-hybridized carbons (Fsp3) is 0.0351. The molecule has 18 aromatic carbocycles. The Hall–Kier alpha value is -17.4. The van der Waals surface area contributed by atoms with Gasteiger partial charge in [0, 0.05) is 103 Å². The molecular formula is C114H74N12O8S4. The van der Waals surface area contributed by atoms with E-state index in [-0.39, 0.29) is 47.0 Å². The van der Waals surface area contributed by atoms with Gasteiger partial charge in [0.1, 0.15) is 23.0 Å². The Balaban J connectivity index is 0.000000103. The second-order valence-corrected chi connectivity index (χ2v) is 36.9. The van der Waals surface area contributed by atoms with E-state index < -0.39 is 0 Å². The van der Waals surface area contributed by atoms with E-state index in [0.717, 1.165) is 64.0 Å². The van der Waals surface area contributed by atoms with Crippen LogP contribution in [0.1, 0.15) is 0 Å². The van der Waals surface area contributed by atoms with Gasteiger partial charge in [0.2, 0.25) is 0 Å². The smallest absolute Gasteiger partial charge is 0.320 e. The molecular weight excluding hydrogens is 1790 g/mol. The topological polar surface area (TPSA) is 273 Å². The first-order valence-corrected chi connectivity index (χ1v) is 47.3. The molecule has 4 N–H and O–H groups in total. The summed E-state index contributed by atoms with van der Waals surface area (Å²) < 4.78 is 31.2. The van der Waals surface area contributed by atoms with Gasteiger partial charge in [-0.15, -0.1) is 45.3 Å². The lowest BCUT2D eigenvalue weighted by atomic mass is 9.96. The van der Waals surface area contributed by atoms with E-state index in [2.05, 4.69) is 269 Å². The van der Waals surface area contributed by atoms with Crippen LogP contribution in [0.2, 0.25) is 0 Å². The molecule has 0 bridgehead atoms. The van der Waals surface area contributed by atoms with E-state index in [9.17, 15) is 20.4 Å². The van der Waals surface area contributed by atoms with Crippen LogP contribution in [0.4, 0.5) is 0 Å². The molecule has 0 unspecified atom stereocenters. The number of aromatic hydroxyl groups is 4. The molecule has 0 aliphatic heterocycles. The van der Waals surface area contributed by atoms with Crippen LogP contribution in [0, 0.1) is 0 Å². The van der Waals surface area contributed by atoms with Gasteiger partial charge in [0.25, 0.3) is 0 Å². The van der Waals surface area contributed by atoms with Crippen molar-refractivity contribution in [2.24, 2.45) is 0 Å². The molecule has 20 nitrogen and oxygen atoms in total. The van der Waals surface area contributed by atoms with Crippen molar-refractivity contribution in [3.05, 3.63) is 352 Å². The second kappa shape index (κ2) is 35.8. The lowest BCUT2D eigenvalue weighted by Crippen LogP contribution is -2.01. The van der Waals surface area contributed by atoms with Crippen molar-refractivity contribution in [1.29, 1.82) is 0 Å². The van der Waals surface area contributed by atoms with Gasteiger partial charge in [-0.1, -0.05) is 249 Å². The van der Waals surface area contributed by atoms with Crippen LogP contribution < -0.4 is 18.9 Å². The Morgan fingerprint density at radius 3 is 0.964 bits per heavy atom. The van der Waals surface area contributed by atoms with Crippen LogP contribution in [0.3, 0.4) is 0 Å². The molecule has 0 saturated carbocycles. The third kappa shape index (κ3) is 15.7. The number of hydrogen-bond acceptors (Lipinski definition) is 24. The highest BCUT2D eigenvalue weighted by atomic mass is 32.1. The molecule has 26 aromatic rings. The number of aromatic nitrogens is 12. The first-order chi connectivity index (χ1) is 67.8. The molecule has 8 aromatic heterocycles. The van der Waals surface area contributed by atoms with Gasteiger partial charge in [-0.05, 0) is 168 Å². The van der Waals surface area contributed by atoms with Gasteiger partial charge < -0.3 is 39.4 Å². The van der Waals surface area contributed by atoms with Crippen molar-refractivity contribution < 1.29 is 39.4 Å². The Morgan fingerprint density at radius 1 is 0.174 bits per heavy atom. The van der Waals surface area contributed by atoms with Crippen molar-refractivity contribution in [2.45, 2.75) is 0 Å². The fourth-order valence-corrected chi connectivity index (χ4v) is 22.7. The van der Waals surface area contributed by atoms with E-state index in [0.29, 0.717) is 68.8 Å². The minimum atomic E-state index is 0.103.